The molecule has 144 valence electrons. The second-order valence-corrected chi connectivity index (χ2v) is 7.72. The number of carbonyl (C=O) groups excluding carboxylic acids is 2. The number of amides is 2. The van der Waals surface area contributed by atoms with Crippen molar-refractivity contribution in [2.24, 2.45) is 0 Å². The lowest BCUT2D eigenvalue weighted by molar-refractivity contribution is -0.140. The maximum Gasteiger partial charge on any atom is 0.242 e. The van der Waals surface area contributed by atoms with Gasteiger partial charge < -0.3 is 10.2 Å². The topological polar surface area (TPSA) is 49.4 Å². The summed E-state index contributed by atoms with van der Waals surface area (Å²) < 4.78 is 0.951. The Morgan fingerprint density at radius 2 is 1.70 bits per heavy atom. The molecule has 0 saturated heterocycles. The van der Waals surface area contributed by atoms with Gasteiger partial charge in [0.25, 0.3) is 0 Å². The number of hydrogen-bond donors (Lipinski definition) is 1. The summed E-state index contributed by atoms with van der Waals surface area (Å²) >= 11 is 3.47. The highest BCUT2D eigenvalue weighted by molar-refractivity contribution is 9.10. The molecule has 0 spiro atoms. The Hall–Kier alpha value is -2.14. The van der Waals surface area contributed by atoms with E-state index in [0.29, 0.717) is 6.54 Å². The molecule has 0 aliphatic rings. The highest BCUT2D eigenvalue weighted by Crippen LogP contribution is 2.16. The van der Waals surface area contributed by atoms with Gasteiger partial charge in [-0.25, -0.2) is 0 Å². The van der Waals surface area contributed by atoms with Crippen molar-refractivity contribution >= 4 is 27.7 Å². The van der Waals surface area contributed by atoms with Crippen LogP contribution in [-0.4, -0.2) is 28.8 Å². The quantitative estimate of drug-likeness (QED) is 0.677. The van der Waals surface area contributed by atoms with Crippen molar-refractivity contribution in [2.45, 2.75) is 52.2 Å². The molecule has 1 N–H and O–H groups in total. The van der Waals surface area contributed by atoms with Crippen molar-refractivity contribution in [3.05, 3.63) is 70.2 Å². The van der Waals surface area contributed by atoms with E-state index in [1.807, 2.05) is 68.4 Å². The number of nitrogens with zero attached hydrogens (tertiary/aromatic N) is 1. The Morgan fingerprint density at radius 1 is 1.04 bits per heavy atom. The Kier molecular flexibility index (Phi) is 8.04. The summed E-state index contributed by atoms with van der Waals surface area (Å²) in [6.07, 6.45) is 1.12. The van der Waals surface area contributed by atoms with E-state index in [0.717, 1.165) is 22.0 Å². The highest BCUT2D eigenvalue weighted by Gasteiger charge is 2.26. The zero-order valence-electron chi connectivity index (χ0n) is 16.1. The number of benzene rings is 2. The van der Waals surface area contributed by atoms with Crippen LogP contribution in [0.15, 0.2) is 59.1 Å². The molecule has 0 heterocycles. The first-order chi connectivity index (χ1) is 12.9. The van der Waals surface area contributed by atoms with Gasteiger partial charge in [0.1, 0.15) is 6.04 Å². The first-order valence-electron chi connectivity index (χ1n) is 9.29. The fourth-order valence-electron chi connectivity index (χ4n) is 2.75. The third kappa shape index (κ3) is 6.51. The molecule has 0 aromatic heterocycles. The van der Waals surface area contributed by atoms with Crippen molar-refractivity contribution in [1.82, 2.24) is 10.2 Å². The van der Waals surface area contributed by atoms with E-state index < -0.39 is 6.04 Å². The van der Waals surface area contributed by atoms with Crippen molar-refractivity contribution < 1.29 is 9.59 Å². The second-order valence-electron chi connectivity index (χ2n) is 6.81. The summed E-state index contributed by atoms with van der Waals surface area (Å²) in [5, 5.41) is 2.98. The molecule has 0 saturated carbocycles. The number of halogens is 1. The first-order valence-corrected chi connectivity index (χ1v) is 10.1. The molecule has 2 atom stereocenters. The van der Waals surface area contributed by atoms with Gasteiger partial charge in [0.05, 0.1) is 6.42 Å². The van der Waals surface area contributed by atoms with E-state index in [9.17, 15) is 9.59 Å². The molecule has 2 amide bonds. The van der Waals surface area contributed by atoms with Crippen molar-refractivity contribution in [3.63, 3.8) is 0 Å². The predicted octanol–water partition coefficient (Wildman–Crippen LogP) is 4.32. The van der Waals surface area contributed by atoms with E-state index in [-0.39, 0.29) is 24.3 Å². The van der Waals surface area contributed by atoms with Gasteiger partial charge in [-0.3, -0.25) is 9.59 Å². The van der Waals surface area contributed by atoms with Gasteiger partial charge in [-0.2, -0.15) is 0 Å². The third-order valence-electron chi connectivity index (χ3n) is 4.61. The lowest BCUT2D eigenvalue weighted by Crippen LogP contribution is -2.49. The Bertz CT molecular complexity index is 764. The fourth-order valence-corrected chi connectivity index (χ4v) is 3.20. The Morgan fingerprint density at radius 3 is 2.33 bits per heavy atom. The maximum atomic E-state index is 13.0. The van der Waals surface area contributed by atoms with Crippen LogP contribution in [0.25, 0.3) is 0 Å². The van der Waals surface area contributed by atoms with E-state index >= 15 is 0 Å². The minimum Gasteiger partial charge on any atom is -0.352 e. The van der Waals surface area contributed by atoms with E-state index in [1.165, 1.54) is 0 Å². The smallest absolute Gasteiger partial charge is 0.242 e. The van der Waals surface area contributed by atoms with Crippen LogP contribution in [0.1, 0.15) is 38.3 Å². The van der Waals surface area contributed by atoms with Crippen molar-refractivity contribution in [1.29, 1.82) is 0 Å². The molecule has 0 aliphatic heterocycles. The summed E-state index contributed by atoms with van der Waals surface area (Å²) in [6.45, 7) is 6.17. The van der Waals surface area contributed by atoms with Crippen LogP contribution in [0.2, 0.25) is 0 Å². The number of carbonyl (C=O) groups is 2. The Balaban J connectivity index is 2.21. The molecular formula is C22H27BrN2O2. The lowest BCUT2D eigenvalue weighted by Gasteiger charge is -2.30. The average Bonchev–Trinajstić information content (AvgIpc) is 2.66. The number of hydrogen-bond acceptors (Lipinski definition) is 2. The predicted molar refractivity (Wildman–Crippen MR) is 112 cm³/mol. The maximum absolute atomic E-state index is 13.0. The molecule has 0 aliphatic carbocycles. The summed E-state index contributed by atoms with van der Waals surface area (Å²) in [5.41, 5.74) is 1.92. The molecule has 2 aromatic carbocycles. The number of nitrogens with one attached hydrogen (secondary N) is 1. The summed E-state index contributed by atoms with van der Waals surface area (Å²) in [7, 11) is 0. The third-order valence-corrected chi connectivity index (χ3v) is 5.10. The van der Waals surface area contributed by atoms with Crippen LogP contribution in [0.4, 0.5) is 0 Å². The molecule has 2 rings (SSSR count). The minimum absolute atomic E-state index is 0.0621. The normalized spacial score (nSPS) is 12.9. The largest absolute Gasteiger partial charge is 0.352 e. The zero-order valence-corrected chi connectivity index (χ0v) is 17.7. The molecule has 2 aromatic rings. The number of rotatable bonds is 8. The van der Waals surface area contributed by atoms with Crippen LogP contribution < -0.4 is 5.32 Å². The van der Waals surface area contributed by atoms with Gasteiger partial charge in [-0.1, -0.05) is 65.3 Å². The molecule has 0 unspecified atom stereocenters. The van der Waals surface area contributed by atoms with Crippen molar-refractivity contribution in [2.75, 3.05) is 0 Å². The summed E-state index contributed by atoms with van der Waals surface area (Å²) in [4.78, 5) is 27.4. The van der Waals surface area contributed by atoms with Crippen LogP contribution >= 0.6 is 15.9 Å². The monoisotopic (exact) mass is 430 g/mol. The molecular weight excluding hydrogens is 404 g/mol. The summed E-state index contributed by atoms with van der Waals surface area (Å²) in [6, 6.07) is 17.0. The van der Waals surface area contributed by atoms with Gasteiger partial charge in [0.2, 0.25) is 11.8 Å². The van der Waals surface area contributed by atoms with Gasteiger partial charge in [-0.15, -0.1) is 0 Å². The SMILES string of the molecule is CC[C@H](C)NC(=O)[C@@H](C)N(Cc1cccc(Br)c1)C(=O)Cc1ccccc1. The fraction of sp³-hybridized carbons (Fsp3) is 0.364. The van der Waals surface area contributed by atoms with Gasteiger partial charge in [0.15, 0.2) is 0 Å². The average molecular weight is 431 g/mol. The molecule has 4 nitrogen and oxygen atoms in total. The van der Waals surface area contributed by atoms with E-state index in [2.05, 4.69) is 21.2 Å². The summed E-state index contributed by atoms with van der Waals surface area (Å²) in [5.74, 6) is -0.186. The van der Waals surface area contributed by atoms with Crippen LogP contribution in [0.5, 0.6) is 0 Å². The molecule has 5 heteroatoms. The second kappa shape index (κ2) is 10.3. The molecule has 0 bridgehead atoms. The lowest BCUT2D eigenvalue weighted by atomic mass is 10.1. The van der Waals surface area contributed by atoms with Crippen LogP contribution in [0, 0.1) is 0 Å². The molecule has 0 radical (unpaired) electrons. The van der Waals surface area contributed by atoms with Crippen molar-refractivity contribution in [3.8, 4) is 0 Å². The van der Waals surface area contributed by atoms with Crippen LogP contribution in [0.3, 0.4) is 0 Å². The van der Waals surface area contributed by atoms with Crippen LogP contribution in [-0.2, 0) is 22.6 Å². The van der Waals surface area contributed by atoms with Gasteiger partial charge in [-0.05, 0) is 43.5 Å². The van der Waals surface area contributed by atoms with Gasteiger partial charge >= 0.3 is 0 Å². The minimum atomic E-state index is -0.547. The Labute approximate surface area is 170 Å². The van der Waals surface area contributed by atoms with Gasteiger partial charge in [0, 0.05) is 17.1 Å². The molecule has 0 fully saturated rings. The van der Waals surface area contributed by atoms with E-state index in [1.54, 1.807) is 11.8 Å². The zero-order chi connectivity index (χ0) is 19.8. The molecule has 27 heavy (non-hydrogen) atoms. The first kappa shape index (κ1) is 21.2. The van der Waals surface area contributed by atoms with E-state index in [4.69, 9.17) is 0 Å². The highest BCUT2D eigenvalue weighted by atomic mass is 79.9. The standard InChI is InChI=1S/C22H27BrN2O2/c1-4-16(2)24-22(27)17(3)25(15-19-11-8-12-20(23)13-19)21(26)14-18-9-6-5-7-10-18/h5-13,16-17H,4,14-15H2,1-3H3,(H,24,27)/t16-,17+/m0/s1.